The van der Waals surface area contributed by atoms with Crippen LogP contribution in [0.1, 0.15) is 44.2 Å². The number of imide groups is 1. The molecule has 3 aliphatic heterocycles. The Kier molecular flexibility index (Phi) is 8.55. The van der Waals surface area contributed by atoms with Crippen LogP contribution in [0.4, 0.5) is 15.3 Å². The molecule has 44 heavy (non-hydrogen) atoms. The summed E-state index contributed by atoms with van der Waals surface area (Å²) in [7, 11) is 1.59. The molecule has 0 aromatic heterocycles. The topological polar surface area (TPSA) is 126 Å². The van der Waals surface area contributed by atoms with Gasteiger partial charge in [0.2, 0.25) is 5.91 Å². The minimum Gasteiger partial charge on any atom is -0.444 e. The molecule has 0 bridgehead atoms. The third-order valence-electron chi connectivity index (χ3n) is 8.30. The molecule has 0 aliphatic carbocycles. The molecule has 2 aromatic carbocycles. The summed E-state index contributed by atoms with van der Waals surface area (Å²) >= 11 is 12.4. The Morgan fingerprint density at radius 3 is 2.36 bits per heavy atom. The fourth-order valence-corrected chi connectivity index (χ4v) is 6.80. The Bertz CT molecular complexity index is 1520. The molecule has 11 nitrogen and oxygen atoms in total. The molecule has 3 fully saturated rings. The zero-order chi connectivity index (χ0) is 32.0. The smallest absolute Gasteiger partial charge is 0.407 e. The Labute approximate surface area is 266 Å². The molecule has 3 heterocycles. The van der Waals surface area contributed by atoms with E-state index in [4.69, 9.17) is 27.9 Å². The van der Waals surface area contributed by atoms with Crippen molar-refractivity contribution in [1.29, 1.82) is 5.26 Å². The number of urea groups is 1. The van der Waals surface area contributed by atoms with Crippen molar-refractivity contribution < 1.29 is 23.9 Å². The van der Waals surface area contributed by atoms with Gasteiger partial charge in [-0.3, -0.25) is 14.5 Å². The minimum absolute atomic E-state index is 0.0198. The van der Waals surface area contributed by atoms with E-state index in [0.29, 0.717) is 31.6 Å². The van der Waals surface area contributed by atoms with Crippen LogP contribution in [0.5, 0.6) is 0 Å². The molecule has 1 N–H and O–H groups in total. The third kappa shape index (κ3) is 6.07. The van der Waals surface area contributed by atoms with Gasteiger partial charge < -0.3 is 19.9 Å². The Morgan fingerprint density at radius 2 is 1.75 bits per heavy atom. The highest BCUT2D eigenvalue weighted by atomic mass is 35.5. The Balaban J connectivity index is 1.38. The summed E-state index contributed by atoms with van der Waals surface area (Å²) in [5.41, 5.74) is -0.466. The number of nitrogens with zero attached hydrogens (tertiary/aromatic N) is 5. The average molecular weight is 642 g/mol. The number of nitrogens with one attached hydrogen (secondary N) is 1. The lowest BCUT2D eigenvalue weighted by Gasteiger charge is -2.34. The van der Waals surface area contributed by atoms with Crippen molar-refractivity contribution in [1.82, 2.24) is 20.0 Å². The zero-order valence-electron chi connectivity index (χ0n) is 25.0. The van der Waals surface area contributed by atoms with Gasteiger partial charge in [-0.2, -0.15) is 5.26 Å². The van der Waals surface area contributed by atoms with Gasteiger partial charge in [-0.15, -0.1) is 0 Å². The second-order valence-electron chi connectivity index (χ2n) is 12.5. The molecular formula is C31H34Cl2N6O5. The lowest BCUT2D eigenvalue weighted by Crippen LogP contribution is -2.54. The monoisotopic (exact) mass is 640 g/mol. The van der Waals surface area contributed by atoms with Crippen LogP contribution in [0.3, 0.4) is 0 Å². The maximum absolute atomic E-state index is 14.4. The quantitative estimate of drug-likeness (QED) is 0.485. The number of amides is 5. The van der Waals surface area contributed by atoms with E-state index >= 15 is 0 Å². The molecule has 13 heteroatoms. The van der Waals surface area contributed by atoms with Crippen molar-refractivity contribution in [3.05, 3.63) is 63.6 Å². The van der Waals surface area contributed by atoms with Gasteiger partial charge in [-0.1, -0.05) is 35.3 Å². The maximum Gasteiger partial charge on any atom is 0.407 e. The SMILES string of the molecule is CN1C(=O)N(c2cc(Cl)cc(Cl)c2)C(=O)C12CN(CC(=O)N1CCC(NC(=O)OC(C)(C)C)C1)CC2c1ccc(C#N)cc1. The van der Waals surface area contributed by atoms with Crippen molar-refractivity contribution in [2.75, 3.05) is 44.7 Å². The zero-order valence-corrected chi connectivity index (χ0v) is 26.5. The number of anilines is 1. The van der Waals surface area contributed by atoms with Crippen molar-refractivity contribution in [2.24, 2.45) is 0 Å². The Hall–Kier alpha value is -3.85. The van der Waals surface area contributed by atoms with Crippen LogP contribution in [-0.2, 0) is 14.3 Å². The number of rotatable bonds is 5. The van der Waals surface area contributed by atoms with Crippen LogP contribution >= 0.6 is 23.2 Å². The molecule has 0 radical (unpaired) electrons. The fourth-order valence-electron chi connectivity index (χ4n) is 6.28. The normalized spacial score (nSPS) is 23.9. The number of likely N-dealkylation sites (N-methyl/N-ethyl adjacent to an activating group) is 1. The van der Waals surface area contributed by atoms with Crippen LogP contribution in [0, 0.1) is 11.3 Å². The maximum atomic E-state index is 14.4. The van der Waals surface area contributed by atoms with Gasteiger partial charge in [0, 0.05) is 49.2 Å². The molecule has 3 saturated heterocycles. The molecule has 5 rings (SSSR count). The van der Waals surface area contributed by atoms with E-state index in [9.17, 15) is 24.4 Å². The number of hydrogen-bond acceptors (Lipinski definition) is 7. The highest BCUT2D eigenvalue weighted by Gasteiger charge is 2.64. The second-order valence-corrected chi connectivity index (χ2v) is 13.3. The Morgan fingerprint density at radius 1 is 1.09 bits per heavy atom. The summed E-state index contributed by atoms with van der Waals surface area (Å²) in [6.07, 6.45) is 0.0666. The number of carbonyl (C=O) groups is 4. The number of halogens is 2. The van der Waals surface area contributed by atoms with Gasteiger partial charge in [-0.25, -0.2) is 14.5 Å². The van der Waals surface area contributed by atoms with E-state index in [0.717, 1.165) is 10.5 Å². The lowest BCUT2D eigenvalue weighted by atomic mass is 9.80. The molecule has 2 aromatic rings. The number of nitriles is 1. The number of benzene rings is 2. The molecule has 232 valence electrons. The second kappa shape index (κ2) is 11.9. The summed E-state index contributed by atoms with van der Waals surface area (Å²) in [6.45, 7) is 6.62. The van der Waals surface area contributed by atoms with Gasteiger partial charge in [0.15, 0.2) is 0 Å². The van der Waals surface area contributed by atoms with E-state index in [-0.39, 0.29) is 40.8 Å². The summed E-state index contributed by atoms with van der Waals surface area (Å²) in [5.74, 6) is -1.09. The van der Waals surface area contributed by atoms with Gasteiger partial charge >= 0.3 is 12.1 Å². The summed E-state index contributed by atoms with van der Waals surface area (Å²) < 4.78 is 5.35. The van der Waals surface area contributed by atoms with Crippen LogP contribution in [0.2, 0.25) is 10.0 Å². The molecule has 0 saturated carbocycles. The van der Waals surface area contributed by atoms with Crippen molar-refractivity contribution >= 4 is 52.8 Å². The van der Waals surface area contributed by atoms with Gasteiger partial charge in [0.25, 0.3) is 5.91 Å². The van der Waals surface area contributed by atoms with Crippen molar-refractivity contribution in [2.45, 2.75) is 50.3 Å². The number of alkyl carbamates (subject to hydrolysis) is 1. The highest BCUT2D eigenvalue weighted by Crippen LogP contribution is 2.46. The lowest BCUT2D eigenvalue weighted by molar-refractivity contribution is -0.132. The largest absolute Gasteiger partial charge is 0.444 e. The average Bonchev–Trinajstić information content (AvgIpc) is 3.60. The number of carbonyl (C=O) groups excluding carboxylic acids is 4. The van der Waals surface area contributed by atoms with E-state index in [2.05, 4.69) is 11.4 Å². The van der Waals surface area contributed by atoms with Gasteiger partial charge in [-0.05, 0) is 63.1 Å². The molecule has 1 spiro atoms. The highest BCUT2D eigenvalue weighted by molar-refractivity contribution is 6.35. The predicted molar refractivity (Wildman–Crippen MR) is 165 cm³/mol. The van der Waals surface area contributed by atoms with Crippen molar-refractivity contribution in [3.8, 4) is 6.07 Å². The first-order valence-electron chi connectivity index (χ1n) is 14.3. The van der Waals surface area contributed by atoms with E-state index < -0.39 is 35.1 Å². The number of hydrogen-bond donors (Lipinski definition) is 1. The first-order chi connectivity index (χ1) is 20.7. The predicted octanol–water partition coefficient (Wildman–Crippen LogP) is 4.23. The minimum atomic E-state index is -1.33. The van der Waals surface area contributed by atoms with Crippen LogP contribution in [-0.4, -0.2) is 95.6 Å². The first kappa shape index (κ1) is 31.6. The first-order valence-corrected chi connectivity index (χ1v) is 15.1. The van der Waals surface area contributed by atoms with E-state index in [1.807, 2.05) is 4.90 Å². The number of ether oxygens (including phenoxy) is 1. The summed E-state index contributed by atoms with van der Waals surface area (Å²) in [6, 6.07) is 12.8. The third-order valence-corrected chi connectivity index (χ3v) is 8.74. The standard InChI is InChI=1S/C31H34Cl2N6O5/c1-30(2,3)44-28(42)35-23-9-10-38(15-23)26(40)17-37-16-25(20-7-5-19(14-34)6-8-20)31(18-37)27(41)39(29(43)36(31)4)24-12-21(32)11-22(33)13-24/h5-8,11-13,23,25H,9-10,15-18H2,1-4H3,(H,35,42). The fraction of sp³-hybridized carbons (Fsp3) is 0.452. The molecule has 5 amide bonds. The van der Waals surface area contributed by atoms with Crippen molar-refractivity contribution in [3.63, 3.8) is 0 Å². The van der Waals surface area contributed by atoms with Gasteiger partial charge in [0.1, 0.15) is 11.1 Å². The number of likely N-dealkylation sites (tertiary alicyclic amines) is 2. The summed E-state index contributed by atoms with van der Waals surface area (Å²) in [5, 5.41) is 12.7. The molecular weight excluding hydrogens is 607 g/mol. The molecule has 3 aliphatic rings. The molecule has 3 unspecified atom stereocenters. The van der Waals surface area contributed by atoms with Crippen LogP contribution < -0.4 is 10.2 Å². The van der Waals surface area contributed by atoms with Crippen LogP contribution in [0.15, 0.2) is 42.5 Å². The van der Waals surface area contributed by atoms with Gasteiger partial charge in [0.05, 0.1) is 29.9 Å². The molecule has 3 atom stereocenters. The summed E-state index contributed by atoms with van der Waals surface area (Å²) in [4.78, 5) is 59.9. The van der Waals surface area contributed by atoms with E-state index in [1.165, 1.54) is 23.1 Å². The van der Waals surface area contributed by atoms with E-state index in [1.54, 1.807) is 57.0 Å². The van der Waals surface area contributed by atoms with Crippen LogP contribution in [0.25, 0.3) is 0 Å².